The lowest BCUT2D eigenvalue weighted by Gasteiger charge is -2.29. The molecule has 4 N–H and O–H groups in total. The molecule has 0 spiro atoms. The van der Waals surface area contributed by atoms with Crippen LogP contribution >= 0.6 is 0 Å². The van der Waals surface area contributed by atoms with Crippen molar-refractivity contribution in [3.05, 3.63) is 12.1 Å². The van der Waals surface area contributed by atoms with Gasteiger partial charge in [-0.1, -0.05) is 0 Å². The Balaban J connectivity index is 1.88. The molecular formula is C15H23N5O2. The summed E-state index contributed by atoms with van der Waals surface area (Å²) >= 11 is 0. The van der Waals surface area contributed by atoms with Crippen LogP contribution in [-0.4, -0.2) is 47.9 Å². The molecular weight excluding hydrogens is 282 g/mol. The van der Waals surface area contributed by atoms with E-state index < -0.39 is 0 Å². The zero-order valence-corrected chi connectivity index (χ0v) is 12.8. The fourth-order valence-corrected chi connectivity index (χ4v) is 3.43. The van der Waals surface area contributed by atoms with Crippen molar-refractivity contribution in [3.8, 4) is 0 Å². The number of nitrogens with one attached hydrogen (secondary N) is 1. The van der Waals surface area contributed by atoms with Crippen molar-refractivity contribution in [2.75, 3.05) is 28.6 Å². The topological polar surface area (TPSA) is 94.7 Å². The van der Waals surface area contributed by atoms with E-state index in [9.17, 15) is 9.90 Å². The molecule has 0 bridgehead atoms. The highest BCUT2D eigenvalue weighted by molar-refractivity contribution is 5.68. The molecule has 2 aliphatic heterocycles. The van der Waals surface area contributed by atoms with Gasteiger partial charge in [0.15, 0.2) is 5.82 Å². The maximum absolute atomic E-state index is 10.8. The summed E-state index contributed by atoms with van der Waals surface area (Å²) in [5.74, 6) is 1.54. The van der Waals surface area contributed by atoms with Crippen LogP contribution in [0.3, 0.4) is 0 Å². The fraction of sp³-hybridized carbons (Fsp3) is 0.600. The first-order valence-electron chi connectivity index (χ1n) is 7.77. The van der Waals surface area contributed by atoms with Gasteiger partial charge in [-0.05, 0) is 38.3 Å². The Morgan fingerprint density at radius 1 is 1.45 bits per heavy atom. The van der Waals surface area contributed by atoms with Crippen molar-refractivity contribution in [2.45, 2.75) is 44.5 Å². The van der Waals surface area contributed by atoms with Crippen LogP contribution in [0.5, 0.6) is 0 Å². The molecule has 0 aliphatic carbocycles. The number of pyridine rings is 1. The Kier molecular flexibility index (Phi) is 4.06. The van der Waals surface area contributed by atoms with Gasteiger partial charge < -0.3 is 26.0 Å². The van der Waals surface area contributed by atoms with E-state index in [1.807, 2.05) is 17.0 Å². The number of anilines is 3. The number of aliphatic hydroxyl groups excluding tert-OH is 1. The van der Waals surface area contributed by atoms with Gasteiger partial charge in [-0.2, -0.15) is 0 Å². The van der Waals surface area contributed by atoms with Gasteiger partial charge in [0.05, 0.1) is 11.8 Å². The Hall–Kier alpha value is -2.02. The van der Waals surface area contributed by atoms with E-state index in [4.69, 9.17) is 10.7 Å². The molecule has 7 nitrogen and oxygen atoms in total. The van der Waals surface area contributed by atoms with Crippen LogP contribution in [0.15, 0.2) is 12.1 Å². The molecule has 7 heteroatoms. The second-order valence-corrected chi connectivity index (χ2v) is 6.11. The number of aliphatic hydroxyl groups is 1. The maximum Gasteiger partial charge on any atom is 0.208 e. The predicted octanol–water partition coefficient (Wildman–Crippen LogP) is 0.296. The van der Waals surface area contributed by atoms with Crippen molar-refractivity contribution in [3.63, 3.8) is 0 Å². The average Bonchev–Trinajstić information content (AvgIpc) is 3.06. The minimum absolute atomic E-state index is 0.0517. The summed E-state index contributed by atoms with van der Waals surface area (Å²) < 4.78 is 0. The summed E-state index contributed by atoms with van der Waals surface area (Å²) in [6.45, 7) is 3.50. The van der Waals surface area contributed by atoms with E-state index in [2.05, 4.69) is 17.1 Å². The highest BCUT2D eigenvalue weighted by atomic mass is 16.3. The third-order valence-electron chi connectivity index (χ3n) is 4.52. The van der Waals surface area contributed by atoms with E-state index in [1.54, 1.807) is 0 Å². The molecule has 3 heterocycles. The van der Waals surface area contributed by atoms with Crippen molar-refractivity contribution >= 4 is 23.7 Å². The molecule has 1 aromatic heterocycles. The lowest BCUT2D eigenvalue weighted by molar-refractivity contribution is -0.110. The van der Waals surface area contributed by atoms with Crippen LogP contribution in [-0.2, 0) is 4.79 Å². The fourth-order valence-electron chi connectivity index (χ4n) is 3.43. The summed E-state index contributed by atoms with van der Waals surface area (Å²) in [7, 11) is 0. The Morgan fingerprint density at radius 3 is 2.95 bits per heavy atom. The number of nitrogens with two attached hydrogens (primary N) is 1. The first-order chi connectivity index (χ1) is 10.6. The molecule has 0 saturated carbocycles. The third-order valence-corrected chi connectivity index (χ3v) is 4.52. The summed E-state index contributed by atoms with van der Waals surface area (Å²) in [5.41, 5.74) is 6.71. The maximum atomic E-state index is 10.8. The minimum Gasteiger partial charge on any atom is -0.396 e. The van der Waals surface area contributed by atoms with E-state index in [0.717, 1.165) is 38.0 Å². The molecule has 22 heavy (non-hydrogen) atoms. The number of hydrogen-bond donors (Lipinski definition) is 3. The first kappa shape index (κ1) is 14.9. The van der Waals surface area contributed by atoms with Crippen LogP contribution in [0.25, 0.3) is 0 Å². The van der Waals surface area contributed by atoms with E-state index in [-0.39, 0.29) is 18.3 Å². The van der Waals surface area contributed by atoms with Crippen LogP contribution in [0.1, 0.15) is 26.2 Å². The number of nitrogens with zero attached hydrogens (tertiary/aromatic N) is 3. The van der Waals surface area contributed by atoms with Crippen molar-refractivity contribution in [1.29, 1.82) is 0 Å². The van der Waals surface area contributed by atoms with Crippen molar-refractivity contribution in [2.24, 2.45) is 0 Å². The van der Waals surface area contributed by atoms with Gasteiger partial charge in [0.25, 0.3) is 0 Å². The minimum atomic E-state index is -0.311. The second-order valence-electron chi connectivity index (χ2n) is 6.11. The second kappa shape index (κ2) is 6.00. The number of β-amino-alcohol motifs (C(OH)–C–C–N with tert-alkyl or cyclic N) is 1. The Bertz CT molecular complexity index is 553. The number of rotatable bonds is 4. The SMILES string of the molecule is CC1CC(O)CN1c1ccc(N)c(N2CCCC2NC=O)n1. The van der Waals surface area contributed by atoms with Gasteiger partial charge in [-0.3, -0.25) is 4.79 Å². The zero-order chi connectivity index (χ0) is 15.7. The highest BCUT2D eigenvalue weighted by Crippen LogP contribution is 2.32. The van der Waals surface area contributed by atoms with Crippen LogP contribution < -0.4 is 20.9 Å². The van der Waals surface area contributed by atoms with Crippen LogP contribution in [0, 0.1) is 0 Å². The number of aromatic nitrogens is 1. The van der Waals surface area contributed by atoms with E-state index in [1.165, 1.54) is 0 Å². The Morgan fingerprint density at radius 2 is 2.27 bits per heavy atom. The highest BCUT2D eigenvalue weighted by Gasteiger charge is 2.31. The number of amides is 1. The van der Waals surface area contributed by atoms with Gasteiger partial charge in [-0.25, -0.2) is 4.98 Å². The largest absolute Gasteiger partial charge is 0.396 e. The molecule has 3 rings (SSSR count). The van der Waals surface area contributed by atoms with E-state index in [0.29, 0.717) is 18.1 Å². The van der Waals surface area contributed by atoms with Crippen molar-refractivity contribution < 1.29 is 9.90 Å². The van der Waals surface area contributed by atoms with Crippen molar-refractivity contribution in [1.82, 2.24) is 10.3 Å². The molecule has 120 valence electrons. The molecule has 2 saturated heterocycles. The standard InChI is InChI=1S/C15H23N5O2/c1-10-7-11(22)8-20(10)14-5-4-12(16)15(18-14)19-6-2-3-13(19)17-9-21/h4-5,9-11,13,22H,2-3,6-8,16H2,1H3,(H,17,21). The summed E-state index contributed by atoms with van der Waals surface area (Å²) in [6, 6.07) is 4.00. The van der Waals surface area contributed by atoms with Gasteiger partial charge in [0.2, 0.25) is 6.41 Å². The first-order valence-corrected chi connectivity index (χ1v) is 7.77. The summed E-state index contributed by atoms with van der Waals surface area (Å²) in [6.07, 6.45) is 3.00. The van der Waals surface area contributed by atoms with Gasteiger partial charge >= 0.3 is 0 Å². The molecule has 2 aliphatic rings. The van der Waals surface area contributed by atoms with Crippen LogP contribution in [0.4, 0.5) is 17.3 Å². The van der Waals surface area contributed by atoms with Crippen LogP contribution in [0.2, 0.25) is 0 Å². The molecule has 0 radical (unpaired) electrons. The lowest BCUT2D eigenvalue weighted by Crippen LogP contribution is -2.41. The quantitative estimate of drug-likeness (QED) is 0.692. The summed E-state index contributed by atoms with van der Waals surface area (Å²) in [4.78, 5) is 19.6. The molecule has 1 amide bonds. The third kappa shape index (κ3) is 2.68. The van der Waals surface area contributed by atoms with Gasteiger partial charge in [0, 0.05) is 19.1 Å². The number of hydrogen-bond acceptors (Lipinski definition) is 6. The number of carbonyl (C=O) groups is 1. The monoisotopic (exact) mass is 305 g/mol. The zero-order valence-electron chi connectivity index (χ0n) is 12.8. The Labute approximate surface area is 130 Å². The smallest absolute Gasteiger partial charge is 0.208 e. The van der Waals surface area contributed by atoms with Gasteiger partial charge in [-0.15, -0.1) is 0 Å². The van der Waals surface area contributed by atoms with E-state index >= 15 is 0 Å². The molecule has 1 aromatic rings. The van der Waals surface area contributed by atoms with Gasteiger partial charge in [0.1, 0.15) is 12.0 Å². The molecule has 3 atom stereocenters. The molecule has 3 unspecified atom stereocenters. The lowest BCUT2D eigenvalue weighted by atomic mass is 10.2. The summed E-state index contributed by atoms with van der Waals surface area (Å²) in [5, 5.41) is 12.6. The number of nitrogen functional groups attached to an aromatic ring is 1. The molecule has 2 fully saturated rings. The average molecular weight is 305 g/mol. The number of carbonyl (C=O) groups excluding carboxylic acids is 1. The normalized spacial score (nSPS) is 28.2. The molecule has 0 aromatic carbocycles. The predicted molar refractivity (Wildman–Crippen MR) is 85.6 cm³/mol.